The summed E-state index contributed by atoms with van der Waals surface area (Å²) in [7, 11) is 3.55. The zero-order valence-electron chi connectivity index (χ0n) is 12.3. The first kappa shape index (κ1) is 20.4. The van der Waals surface area contributed by atoms with Gasteiger partial charge in [-0.25, -0.2) is 0 Å². The Morgan fingerprint density at radius 2 is 1.80 bits per heavy atom. The van der Waals surface area contributed by atoms with Crippen molar-refractivity contribution >= 4 is 56.1 Å². The predicted molar refractivity (Wildman–Crippen MR) is 96.2 cm³/mol. The van der Waals surface area contributed by atoms with Crippen molar-refractivity contribution < 1.29 is 14.3 Å². The van der Waals surface area contributed by atoms with E-state index < -0.39 is 0 Å². The molecule has 0 spiro atoms. The lowest BCUT2D eigenvalue weighted by atomic mass is 10.2. The van der Waals surface area contributed by atoms with Crippen LogP contribution >= 0.6 is 44.2 Å². The molecule has 1 N–H and O–H groups in total. The summed E-state index contributed by atoms with van der Waals surface area (Å²) in [4.78, 5) is 22.7. The summed E-state index contributed by atoms with van der Waals surface area (Å²) >= 11 is 2.10. The maximum absolute atomic E-state index is 11.4. The maximum Gasteiger partial charge on any atom is 0.306 e. The van der Waals surface area contributed by atoms with E-state index in [1.165, 1.54) is 6.42 Å². The molecule has 1 atom stereocenters. The van der Waals surface area contributed by atoms with Gasteiger partial charge in [-0.2, -0.15) is 0 Å². The standard InChI is InChI=1S/C13H24INO3S2/c1-10(2)6-8-19-20-9-7-18-13(17)5-4-12(16)15-11(3)14/h10-11H,4-9H2,1-3H3,(H,15,16). The van der Waals surface area contributed by atoms with Gasteiger partial charge in [-0.15, -0.1) is 0 Å². The Morgan fingerprint density at radius 3 is 2.40 bits per heavy atom. The zero-order valence-corrected chi connectivity index (χ0v) is 16.1. The summed E-state index contributed by atoms with van der Waals surface area (Å²) < 4.78 is 5.15. The maximum atomic E-state index is 11.4. The lowest BCUT2D eigenvalue weighted by Crippen LogP contribution is -2.28. The summed E-state index contributed by atoms with van der Waals surface area (Å²) in [6.45, 7) is 6.72. The number of hydrogen-bond acceptors (Lipinski definition) is 5. The van der Waals surface area contributed by atoms with Crippen molar-refractivity contribution in [3.05, 3.63) is 0 Å². The Kier molecular flexibility index (Phi) is 13.3. The second-order valence-electron chi connectivity index (χ2n) is 4.73. The van der Waals surface area contributed by atoms with Gasteiger partial charge < -0.3 is 10.1 Å². The number of esters is 1. The molecule has 118 valence electrons. The number of hydrogen-bond donors (Lipinski definition) is 1. The predicted octanol–water partition coefficient (Wildman–Crippen LogP) is 3.63. The number of ether oxygens (including phenoxy) is 1. The van der Waals surface area contributed by atoms with Crippen LogP contribution in [0, 0.1) is 5.92 Å². The minimum Gasteiger partial charge on any atom is -0.465 e. The van der Waals surface area contributed by atoms with E-state index in [0.717, 1.165) is 17.4 Å². The van der Waals surface area contributed by atoms with Crippen LogP contribution in [0.15, 0.2) is 0 Å². The van der Waals surface area contributed by atoms with Gasteiger partial charge in [0.25, 0.3) is 0 Å². The molecule has 0 aliphatic carbocycles. The van der Waals surface area contributed by atoms with Crippen molar-refractivity contribution in [3.63, 3.8) is 0 Å². The highest BCUT2D eigenvalue weighted by molar-refractivity contribution is 14.1. The molecule has 0 aromatic heterocycles. The molecule has 0 rings (SSSR count). The second-order valence-corrected chi connectivity index (χ2v) is 9.30. The van der Waals surface area contributed by atoms with Gasteiger partial charge in [0.1, 0.15) is 6.61 Å². The van der Waals surface area contributed by atoms with Gasteiger partial charge in [-0.1, -0.05) is 58.0 Å². The fraction of sp³-hybridized carbons (Fsp3) is 0.846. The molecular formula is C13H24INO3S2. The first-order chi connectivity index (χ1) is 9.41. The van der Waals surface area contributed by atoms with Crippen LogP contribution in [-0.4, -0.2) is 34.0 Å². The van der Waals surface area contributed by atoms with Crippen LogP contribution in [0.2, 0.25) is 0 Å². The van der Waals surface area contributed by atoms with Crippen molar-refractivity contribution in [2.75, 3.05) is 18.1 Å². The average Bonchev–Trinajstić information content (AvgIpc) is 2.34. The molecule has 20 heavy (non-hydrogen) atoms. The zero-order chi connectivity index (χ0) is 15.4. The number of rotatable bonds is 11. The number of halogens is 1. The highest BCUT2D eigenvalue weighted by Crippen LogP contribution is 2.23. The third-order valence-corrected chi connectivity index (χ3v) is 4.92. The first-order valence-electron chi connectivity index (χ1n) is 6.75. The lowest BCUT2D eigenvalue weighted by molar-refractivity contribution is -0.144. The van der Waals surface area contributed by atoms with E-state index in [-0.39, 0.29) is 28.8 Å². The molecule has 4 nitrogen and oxygen atoms in total. The lowest BCUT2D eigenvalue weighted by Gasteiger charge is -2.07. The van der Waals surface area contributed by atoms with E-state index >= 15 is 0 Å². The summed E-state index contributed by atoms with van der Waals surface area (Å²) in [5.41, 5.74) is 0. The van der Waals surface area contributed by atoms with E-state index in [2.05, 4.69) is 41.8 Å². The van der Waals surface area contributed by atoms with Crippen LogP contribution in [-0.2, 0) is 14.3 Å². The van der Waals surface area contributed by atoms with E-state index in [9.17, 15) is 9.59 Å². The summed E-state index contributed by atoms with van der Waals surface area (Å²) in [5, 5.41) is 2.73. The first-order valence-corrected chi connectivity index (χ1v) is 10.5. The fourth-order valence-corrected chi connectivity index (χ4v) is 3.67. The van der Waals surface area contributed by atoms with Crippen LogP contribution < -0.4 is 5.32 Å². The second kappa shape index (κ2) is 13.1. The van der Waals surface area contributed by atoms with Crippen molar-refractivity contribution in [2.24, 2.45) is 5.92 Å². The van der Waals surface area contributed by atoms with Crippen LogP contribution in [0.25, 0.3) is 0 Å². The van der Waals surface area contributed by atoms with E-state index in [4.69, 9.17) is 4.74 Å². The molecule has 0 bridgehead atoms. The Morgan fingerprint density at radius 1 is 1.15 bits per heavy atom. The third-order valence-electron chi connectivity index (χ3n) is 2.21. The monoisotopic (exact) mass is 433 g/mol. The Balaban J connectivity index is 3.39. The minimum absolute atomic E-state index is 0.0791. The average molecular weight is 433 g/mol. The normalized spacial score (nSPS) is 12.2. The molecule has 7 heteroatoms. The number of amides is 1. The van der Waals surface area contributed by atoms with Gasteiger partial charge in [0.15, 0.2) is 0 Å². The van der Waals surface area contributed by atoms with E-state index in [1.807, 2.05) is 17.7 Å². The minimum atomic E-state index is -0.297. The molecule has 0 aliphatic heterocycles. The highest BCUT2D eigenvalue weighted by Gasteiger charge is 2.09. The number of nitrogens with one attached hydrogen (secondary N) is 1. The number of carbonyl (C=O) groups excluding carboxylic acids is 2. The molecule has 0 radical (unpaired) electrons. The van der Waals surface area contributed by atoms with Crippen LogP contribution in [0.5, 0.6) is 0 Å². The number of alkyl halides is 1. The smallest absolute Gasteiger partial charge is 0.306 e. The van der Waals surface area contributed by atoms with Gasteiger partial charge in [0.05, 0.1) is 10.5 Å². The molecule has 0 aliphatic rings. The highest BCUT2D eigenvalue weighted by atomic mass is 127. The Bertz CT molecular complexity index is 289. The van der Waals surface area contributed by atoms with Crippen LogP contribution in [0.4, 0.5) is 0 Å². The van der Waals surface area contributed by atoms with Crippen molar-refractivity contribution in [2.45, 2.75) is 44.1 Å². The Hall–Kier alpha value is 0.370. The molecule has 0 aromatic rings. The third kappa shape index (κ3) is 14.8. The molecule has 0 saturated heterocycles. The van der Waals surface area contributed by atoms with Crippen molar-refractivity contribution in [3.8, 4) is 0 Å². The summed E-state index contributed by atoms with van der Waals surface area (Å²) in [6, 6.07) is 0. The number of carbonyl (C=O) groups is 2. The van der Waals surface area contributed by atoms with Crippen LogP contribution in [0.3, 0.4) is 0 Å². The molecule has 1 unspecified atom stereocenters. The van der Waals surface area contributed by atoms with Gasteiger partial charge in [-0.3, -0.25) is 9.59 Å². The van der Waals surface area contributed by atoms with Crippen LogP contribution in [0.1, 0.15) is 40.0 Å². The van der Waals surface area contributed by atoms with E-state index in [1.54, 1.807) is 10.8 Å². The summed E-state index contributed by atoms with van der Waals surface area (Å²) in [6.07, 6.45) is 1.56. The topological polar surface area (TPSA) is 55.4 Å². The molecule has 0 fully saturated rings. The van der Waals surface area contributed by atoms with Gasteiger partial charge in [0, 0.05) is 17.9 Å². The quantitative estimate of drug-likeness (QED) is 0.135. The van der Waals surface area contributed by atoms with E-state index in [0.29, 0.717) is 6.61 Å². The van der Waals surface area contributed by atoms with Gasteiger partial charge in [-0.05, 0) is 19.3 Å². The molecular weight excluding hydrogens is 409 g/mol. The molecule has 0 heterocycles. The van der Waals surface area contributed by atoms with Gasteiger partial charge >= 0.3 is 5.97 Å². The Labute approximate surface area is 143 Å². The largest absolute Gasteiger partial charge is 0.465 e. The SMILES string of the molecule is CC(C)CCSSCCOC(=O)CCC(=O)NC(C)I. The molecule has 0 saturated carbocycles. The van der Waals surface area contributed by atoms with Crippen molar-refractivity contribution in [1.29, 1.82) is 0 Å². The summed E-state index contributed by atoms with van der Waals surface area (Å²) in [5.74, 6) is 2.25. The van der Waals surface area contributed by atoms with Gasteiger partial charge in [0.2, 0.25) is 5.91 Å². The van der Waals surface area contributed by atoms with Crippen molar-refractivity contribution in [1.82, 2.24) is 5.32 Å². The fourth-order valence-electron chi connectivity index (χ4n) is 1.17. The molecule has 1 amide bonds. The molecule has 0 aromatic carbocycles.